The van der Waals surface area contributed by atoms with E-state index in [2.05, 4.69) is 48.3 Å². The van der Waals surface area contributed by atoms with E-state index >= 15 is 0 Å². The minimum atomic E-state index is -0.373. The second kappa shape index (κ2) is 70.2. The van der Waals surface area contributed by atoms with Crippen LogP contribution in [0.15, 0.2) is 12.5 Å². The maximum Gasteiger partial charge on any atom is 0.406 e. The van der Waals surface area contributed by atoms with Crippen molar-refractivity contribution in [3.63, 3.8) is 0 Å². The SMILES string of the molecule is C.C.CCNC.CCOC(=O)NC.CCOC(=O)NC.CN/C=C/OCCOC.CNC.CNCCCN. The summed E-state index contributed by atoms with van der Waals surface area (Å²) in [5, 5.41) is 16.1. The summed E-state index contributed by atoms with van der Waals surface area (Å²) in [4.78, 5) is 20.2. The van der Waals surface area contributed by atoms with Crippen LogP contribution in [0.1, 0.15) is 42.0 Å². The Morgan fingerprint density at radius 2 is 1.21 bits per heavy atom. The lowest BCUT2D eigenvalue weighted by atomic mass is 10.4. The average molecular weight is 562 g/mol. The van der Waals surface area contributed by atoms with Crippen LogP contribution in [-0.2, 0) is 18.9 Å². The third kappa shape index (κ3) is 115. The van der Waals surface area contributed by atoms with Crippen molar-refractivity contribution in [3.8, 4) is 0 Å². The van der Waals surface area contributed by atoms with Crippen molar-refractivity contribution in [2.75, 3.05) is 103 Å². The fraction of sp³-hybridized carbons (Fsp3) is 0.840. The van der Waals surface area contributed by atoms with Crippen molar-refractivity contribution in [1.82, 2.24) is 31.9 Å². The standard InChI is InChI=1S/C6H13NO2.C4H12N2.2C4H9NO2.C3H9N.C2H7N.2CH4/c1-7-3-4-9-6-5-8-2;1-6-4-2-3-5;2*1-3-7-4(6)5-2;1-3-4-2;1-3-2;;/h3-4,7H,5-6H2,1-2H3;6H,2-5H2,1H3;2*3H2,1-2H3,(H,5,6);4H,3H2,1-2H3;3H,1-2H3;2*1H4/b4-3+;;;;;;;. The highest BCUT2D eigenvalue weighted by Crippen LogP contribution is 1.75. The first-order valence-electron chi connectivity index (χ1n) is 12.0. The Morgan fingerprint density at radius 1 is 0.789 bits per heavy atom. The van der Waals surface area contributed by atoms with Gasteiger partial charge < -0.3 is 56.6 Å². The zero-order chi connectivity index (χ0) is 29.3. The molecule has 0 saturated carbocycles. The van der Waals surface area contributed by atoms with Crippen LogP contribution in [-0.4, -0.2) is 115 Å². The van der Waals surface area contributed by atoms with Crippen molar-refractivity contribution < 1.29 is 28.5 Å². The van der Waals surface area contributed by atoms with Gasteiger partial charge in [0, 0.05) is 34.5 Å². The molecule has 0 aliphatic rings. The predicted molar refractivity (Wildman–Crippen MR) is 164 cm³/mol. The smallest absolute Gasteiger partial charge is 0.406 e. The van der Waals surface area contributed by atoms with E-state index in [0.717, 1.165) is 26.1 Å². The number of ether oxygens (including phenoxy) is 4. The van der Waals surface area contributed by atoms with Crippen LogP contribution < -0.4 is 37.6 Å². The number of amides is 2. The number of nitrogens with two attached hydrogens (primary N) is 1. The highest BCUT2D eigenvalue weighted by Gasteiger charge is 1.90. The number of alkyl carbamates (subject to hydrolysis) is 2. The van der Waals surface area contributed by atoms with E-state index < -0.39 is 0 Å². The lowest BCUT2D eigenvalue weighted by Gasteiger charge is -1.97. The summed E-state index contributed by atoms with van der Waals surface area (Å²) in [5.74, 6) is 0. The normalized spacial score (nSPS) is 7.89. The van der Waals surface area contributed by atoms with Gasteiger partial charge in [0.1, 0.15) is 6.61 Å². The highest BCUT2D eigenvalue weighted by atomic mass is 16.6. The van der Waals surface area contributed by atoms with Crippen LogP contribution in [0.2, 0.25) is 0 Å². The number of nitrogens with one attached hydrogen (secondary N) is 6. The molecule has 0 heterocycles. The zero-order valence-electron chi connectivity index (χ0n) is 24.8. The minimum Gasteiger partial charge on any atom is -0.497 e. The van der Waals surface area contributed by atoms with Crippen molar-refractivity contribution >= 4 is 12.2 Å². The number of methoxy groups -OCH3 is 1. The Balaban J connectivity index is -0.0000000482. The van der Waals surface area contributed by atoms with Crippen LogP contribution in [0, 0.1) is 0 Å². The fourth-order valence-corrected chi connectivity index (χ4v) is 1.00. The number of hydrogen-bond acceptors (Lipinski definition) is 11. The third-order valence-corrected chi connectivity index (χ3v) is 2.68. The molecule has 0 fully saturated rings. The summed E-state index contributed by atoms with van der Waals surface area (Å²) >= 11 is 0. The van der Waals surface area contributed by atoms with Gasteiger partial charge in [-0.05, 0) is 68.1 Å². The van der Waals surface area contributed by atoms with E-state index in [1.54, 1.807) is 33.4 Å². The summed E-state index contributed by atoms with van der Waals surface area (Å²) in [7, 11) is 14.1. The van der Waals surface area contributed by atoms with Crippen molar-refractivity contribution in [2.24, 2.45) is 5.73 Å². The Labute approximate surface area is 235 Å². The number of hydrogen-bond donors (Lipinski definition) is 7. The first-order chi connectivity index (χ1) is 17.3. The molecule has 0 atom stereocenters. The molecule has 0 aromatic heterocycles. The summed E-state index contributed by atoms with van der Waals surface area (Å²) < 4.78 is 18.6. The van der Waals surface area contributed by atoms with Crippen LogP contribution in [0.3, 0.4) is 0 Å². The van der Waals surface area contributed by atoms with Crippen LogP contribution in [0.25, 0.3) is 0 Å². The molecule has 238 valence electrons. The Morgan fingerprint density at radius 3 is 1.39 bits per heavy atom. The summed E-state index contributed by atoms with van der Waals surface area (Å²) in [6.45, 7) is 10.6. The Hall–Kier alpha value is -2.32. The number of rotatable bonds is 11. The van der Waals surface area contributed by atoms with Gasteiger partial charge in [-0.2, -0.15) is 0 Å². The van der Waals surface area contributed by atoms with Gasteiger partial charge >= 0.3 is 12.2 Å². The number of carbonyl (C=O) groups is 2. The quantitative estimate of drug-likeness (QED) is 0.145. The van der Waals surface area contributed by atoms with E-state index in [0.29, 0.717) is 26.4 Å². The molecule has 13 nitrogen and oxygen atoms in total. The van der Waals surface area contributed by atoms with Crippen molar-refractivity contribution in [2.45, 2.75) is 42.0 Å². The van der Waals surface area contributed by atoms with E-state index in [1.807, 2.05) is 35.2 Å². The molecule has 0 rings (SSSR count). The molecule has 0 aliphatic heterocycles. The lowest BCUT2D eigenvalue weighted by Crippen LogP contribution is -2.18. The average Bonchev–Trinajstić information content (AvgIpc) is 2.89. The summed E-state index contributed by atoms with van der Waals surface area (Å²) in [5.41, 5.74) is 5.17. The Bertz CT molecular complexity index is 371. The topological polar surface area (TPSA) is 169 Å². The molecule has 0 spiro atoms. The molecule has 0 aromatic rings. The van der Waals surface area contributed by atoms with Crippen molar-refractivity contribution in [3.05, 3.63) is 12.5 Å². The van der Waals surface area contributed by atoms with Gasteiger partial charge in [-0.1, -0.05) is 21.8 Å². The largest absolute Gasteiger partial charge is 0.497 e. The van der Waals surface area contributed by atoms with E-state index in [1.165, 1.54) is 14.1 Å². The van der Waals surface area contributed by atoms with E-state index in [4.69, 9.17) is 15.2 Å². The molecule has 2 amide bonds. The second-order valence-corrected chi connectivity index (χ2v) is 5.85. The number of carbonyl (C=O) groups excluding carboxylic acids is 2. The Kier molecular flexibility index (Phi) is 103. The van der Waals surface area contributed by atoms with Gasteiger partial charge in [-0.15, -0.1) is 0 Å². The first-order valence-corrected chi connectivity index (χ1v) is 12.0. The monoisotopic (exact) mass is 562 g/mol. The van der Waals surface area contributed by atoms with Gasteiger partial charge in [0.25, 0.3) is 0 Å². The fourth-order valence-electron chi connectivity index (χ4n) is 1.00. The first kappa shape index (κ1) is 56.0. The van der Waals surface area contributed by atoms with Crippen LogP contribution in [0.4, 0.5) is 9.59 Å². The molecule has 38 heavy (non-hydrogen) atoms. The van der Waals surface area contributed by atoms with E-state index in [9.17, 15) is 9.59 Å². The molecule has 0 saturated heterocycles. The van der Waals surface area contributed by atoms with Crippen molar-refractivity contribution in [1.29, 1.82) is 0 Å². The predicted octanol–water partition coefficient (Wildman–Crippen LogP) is 1.95. The summed E-state index contributed by atoms with van der Waals surface area (Å²) in [6.07, 6.45) is 3.65. The molecular formula is C25H67N7O6. The van der Waals surface area contributed by atoms with Gasteiger partial charge in [0.2, 0.25) is 0 Å². The second-order valence-electron chi connectivity index (χ2n) is 5.85. The van der Waals surface area contributed by atoms with Crippen LogP contribution in [0.5, 0.6) is 0 Å². The molecule has 13 heteroatoms. The summed E-state index contributed by atoms with van der Waals surface area (Å²) in [6, 6.07) is 0. The molecule has 0 unspecified atom stereocenters. The zero-order valence-corrected chi connectivity index (χ0v) is 24.8. The van der Waals surface area contributed by atoms with E-state index in [-0.39, 0.29) is 27.0 Å². The molecule has 0 radical (unpaired) electrons. The molecule has 8 N–H and O–H groups in total. The van der Waals surface area contributed by atoms with Gasteiger partial charge in [0.05, 0.1) is 26.1 Å². The maximum absolute atomic E-state index is 10.1. The van der Waals surface area contributed by atoms with Gasteiger partial charge in [0.15, 0.2) is 0 Å². The lowest BCUT2D eigenvalue weighted by molar-refractivity contribution is 0.123. The molecule has 0 aliphatic carbocycles. The highest BCUT2D eigenvalue weighted by molar-refractivity contribution is 5.66. The third-order valence-electron chi connectivity index (χ3n) is 2.68. The molecular weight excluding hydrogens is 494 g/mol. The van der Waals surface area contributed by atoms with Gasteiger partial charge in [-0.25, -0.2) is 9.59 Å². The molecule has 0 aromatic carbocycles. The minimum absolute atomic E-state index is 0. The van der Waals surface area contributed by atoms with Gasteiger partial charge in [-0.3, -0.25) is 0 Å². The maximum atomic E-state index is 10.1. The molecule has 0 bridgehead atoms. The van der Waals surface area contributed by atoms with Crippen LogP contribution >= 0.6 is 0 Å².